The van der Waals surface area contributed by atoms with Crippen LogP contribution in [-0.4, -0.2) is 37.7 Å². The topological polar surface area (TPSA) is 24.5 Å². The van der Waals surface area contributed by atoms with Gasteiger partial charge in [0.1, 0.15) is 11.6 Å². The Kier molecular flexibility index (Phi) is 10.2. The summed E-state index contributed by atoms with van der Waals surface area (Å²) in [7, 11) is 0. The van der Waals surface area contributed by atoms with Crippen LogP contribution in [0.3, 0.4) is 0 Å². The first kappa shape index (κ1) is 25.5. The van der Waals surface area contributed by atoms with E-state index >= 15 is 0 Å². The molecule has 1 aliphatic heterocycles. The van der Waals surface area contributed by atoms with Crippen LogP contribution in [0.25, 0.3) is 0 Å². The molecule has 1 saturated heterocycles. The number of rotatable bonds is 6. The number of alkyl halides is 3. The SMILES string of the molecule is Cl.Cl.Fc1cc(CCOc2ccc(C(F)(F)F)cc2)ccc1CN1CCNCC1. The number of piperazine rings is 1. The Balaban J connectivity index is 0.00000210. The highest BCUT2D eigenvalue weighted by molar-refractivity contribution is 5.85. The Morgan fingerprint density at radius 3 is 2.21 bits per heavy atom. The summed E-state index contributed by atoms with van der Waals surface area (Å²) >= 11 is 0. The van der Waals surface area contributed by atoms with Crippen LogP contribution in [0.4, 0.5) is 17.6 Å². The quantitative estimate of drug-likeness (QED) is 0.639. The molecule has 1 aliphatic rings. The molecule has 0 aliphatic carbocycles. The molecule has 0 atom stereocenters. The fraction of sp³-hybridized carbons (Fsp3) is 0.400. The number of hydrogen-bond acceptors (Lipinski definition) is 3. The van der Waals surface area contributed by atoms with Gasteiger partial charge in [0.2, 0.25) is 0 Å². The summed E-state index contributed by atoms with van der Waals surface area (Å²) in [5.41, 5.74) is 0.754. The molecule has 9 heteroatoms. The lowest BCUT2D eigenvalue weighted by atomic mass is 10.1. The van der Waals surface area contributed by atoms with E-state index in [0.29, 0.717) is 24.3 Å². The molecule has 0 saturated carbocycles. The molecule has 3 nitrogen and oxygen atoms in total. The zero-order chi connectivity index (χ0) is 19.3. The number of hydrogen-bond donors (Lipinski definition) is 1. The third kappa shape index (κ3) is 7.66. The van der Waals surface area contributed by atoms with Gasteiger partial charge in [-0.1, -0.05) is 12.1 Å². The minimum absolute atomic E-state index is 0. The first-order valence-corrected chi connectivity index (χ1v) is 8.92. The molecule has 162 valence electrons. The molecular weight excluding hydrogens is 431 g/mol. The van der Waals surface area contributed by atoms with Crippen LogP contribution < -0.4 is 10.1 Å². The van der Waals surface area contributed by atoms with Crippen molar-refractivity contribution in [2.24, 2.45) is 0 Å². The lowest BCUT2D eigenvalue weighted by Gasteiger charge is -2.27. The summed E-state index contributed by atoms with van der Waals surface area (Å²) in [5.74, 6) is 0.124. The number of ether oxygens (including phenoxy) is 1. The second kappa shape index (κ2) is 11.6. The Hall–Kier alpha value is -1.54. The number of nitrogens with one attached hydrogen (secondary N) is 1. The van der Waals surface area contributed by atoms with E-state index in [1.54, 1.807) is 6.07 Å². The summed E-state index contributed by atoms with van der Waals surface area (Å²) in [6, 6.07) is 9.73. The molecule has 2 aromatic carbocycles. The van der Waals surface area contributed by atoms with Gasteiger partial charge in [-0.3, -0.25) is 4.90 Å². The first-order valence-electron chi connectivity index (χ1n) is 8.92. The Morgan fingerprint density at radius 1 is 0.966 bits per heavy atom. The van der Waals surface area contributed by atoms with Crippen LogP contribution >= 0.6 is 24.8 Å². The molecule has 0 amide bonds. The summed E-state index contributed by atoms with van der Waals surface area (Å²) in [4.78, 5) is 2.21. The average molecular weight is 455 g/mol. The molecule has 1 N–H and O–H groups in total. The van der Waals surface area contributed by atoms with Gasteiger partial charge in [0.05, 0.1) is 12.2 Å². The first-order chi connectivity index (χ1) is 12.9. The highest BCUT2D eigenvalue weighted by Crippen LogP contribution is 2.30. The van der Waals surface area contributed by atoms with Crippen LogP contribution in [0.15, 0.2) is 42.5 Å². The number of benzene rings is 2. The van der Waals surface area contributed by atoms with Crippen LogP contribution in [0.1, 0.15) is 16.7 Å². The highest BCUT2D eigenvalue weighted by Gasteiger charge is 2.30. The van der Waals surface area contributed by atoms with E-state index < -0.39 is 11.7 Å². The second-order valence-electron chi connectivity index (χ2n) is 6.57. The lowest BCUT2D eigenvalue weighted by molar-refractivity contribution is -0.137. The maximum Gasteiger partial charge on any atom is 0.416 e. The van der Waals surface area contributed by atoms with Gasteiger partial charge in [-0.15, -0.1) is 24.8 Å². The zero-order valence-electron chi connectivity index (χ0n) is 15.7. The van der Waals surface area contributed by atoms with Gasteiger partial charge >= 0.3 is 6.18 Å². The van der Waals surface area contributed by atoms with Crippen LogP contribution in [0, 0.1) is 5.82 Å². The Labute approximate surface area is 180 Å². The van der Waals surface area contributed by atoms with Gasteiger partial charge < -0.3 is 10.1 Å². The lowest BCUT2D eigenvalue weighted by Crippen LogP contribution is -2.43. The molecule has 1 fully saturated rings. The molecule has 29 heavy (non-hydrogen) atoms. The van der Waals surface area contributed by atoms with Gasteiger partial charge in [0.15, 0.2) is 0 Å². The van der Waals surface area contributed by atoms with Crippen molar-refractivity contribution < 1.29 is 22.3 Å². The average Bonchev–Trinajstić information content (AvgIpc) is 2.64. The monoisotopic (exact) mass is 454 g/mol. The largest absolute Gasteiger partial charge is 0.493 e. The van der Waals surface area contributed by atoms with Gasteiger partial charge in [-0.05, 0) is 35.9 Å². The molecule has 0 radical (unpaired) electrons. The Bertz CT molecular complexity index is 751. The predicted molar refractivity (Wildman–Crippen MR) is 110 cm³/mol. The predicted octanol–water partition coefficient (Wildman–Crippen LogP) is 4.71. The minimum Gasteiger partial charge on any atom is -0.493 e. The minimum atomic E-state index is -4.36. The van der Waals surface area contributed by atoms with Gasteiger partial charge in [0, 0.05) is 44.7 Å². The second-order valence-corrected chi connectivity index (χ2v) is 6.57. The third-order valence-electron chi connectivity index (χ3n) is 4.56. The third-order valence-corrected chi connectivity index (χ3v) is 4.56. The van der Waals surface area contributed by atoms with Gasteiger partial charge in [-0.2, -0.15) is 13.2 Å². The van der Waals surface area contributed by atoms with E-state index in [2.05, 4.69) is 10.2 Å². The Morgan fingerprint density at radius 2 is 1.62 bits per heavy atom. The van der Waals surface area contributed by atoms with Crippen molar-refractivity contribution in [3.05, 3.63) is 65.0 Å². The van der Waals surface area contributed by atoms with Crippen LogP contribution in [0.5, 0.6) is 5.75 Å². The standard InChI is InChI=1S/C20H22F4N2O.2ClH/c21-19-13-15(1-2-16(19)14-26-10-8-25-9-11-26)7-12-27-18-5-3-17(4-6-18)20(22,23)24;;/h1-6,13,25H,7-12,14H2;2*1H. The van der Waals surface area contributed by atoms with Crippen molar-refractivity contribution in [1.29, 1.82) is 0 Å². The fourth-order valence-corrected chi connectivity index (χ4v) is 3.01. The van der Waals surface area contributed by atoms with Crippen molar-refractivity contribution in [2.75, 3.05) is 32.8 Å². The maximum atomic E-state index is 14.3. The molecule has 2 aromatic rings. The van der Waals surface area contributed by atoms with Gasteiger partial charge in [0.25, 0.3) is 0 Å². The molecule has 1 heterocycles. The van der Waals surface area contributed by atoms with E-state index in [4.69, 9.17) is 4.74 Å². The van der Waals surface area contributed by atoms with Gasteiger partial charge in [-0.25, -0.2) is 4.39 Å². The smallest absolute Gasteiger partial charge is 0.416 e. The molecule has 3 rings (SSSR count). The van der Waals surface area contributed by atoms with E-state index in [0.717, 1.165) is 43.9 Å². The van der Waals surface area contributed by atoms with Crippen molar-refractivity contribution in [2.45, 2.75) is 19.1 Å². The molecule has 0 spiro atoms. The normalized spacial score (nSPS) is 14.6. The summed E-state index contributed by atoms with van der Waals surface area (Å²) in [6.45, 7) is 4.50. The summed E-state index contributed by atoms with van der Waals surface area (Å²) < 4.78 is 57.4. The molecule has 0 unspecified atom stereocenters. The molecule has 0 aromatic heterocycles. The van der Waals surface area contributed by atoms with Crippen molar-refractivity contribution in [3.8, 4) is 5.75 Å². The zero-order valence-corrected chi connectivity index (χ0v) is 17.3. The van der Waals surface area contributed by atoms with Crippen LogP contribution in [-0.2, 0) is 19.1 Å². The number of halogens is 6. The molecule has 0 bridgehead atoms. The van der Waals surface area contributed by atoms with Crippen molar-refractivity contribution >= 4 is 24.8 Å². The fourth-order valence-electron chi connectivity index (χ4n) is 3.01. The summed E-state index contributed by atoms with van der Waals surface area (Å²) in [5, 5.41) is 3.27. The van der Waals surface area contributed by atoms with E-state index in [9.17, 15) is 17.6 Å². The van der Waals surface area contributed by atoms with Crippen LogP contribution in [0.2, 0.25) is 0 Å². The van der Waals surface area contributed by atoms with E-state index in [-0.39, 0.29) is 37.2 Å². The highest BCUT2D eigenvalue weighted by atomic mass is 35.5. The van der Waals surface area contributed by atoms with E-state index in [1.807, 2.05) is 6.07 Å². The van der Waals surface area contributed by atoms with E-state index in [1.165, 1.54) is 18.2 Å². The van der Waals surface area contributed by atoms with Crippen molar-refractivity contribution in [3.63, 3.8) is 0 Å². The van der Waals surface area contributed by atoms with Crippen molar-refractivity contribution in [1.82, 2.24) is 10.2 Å². The molecular formula is C20H24Cl2F4N2O. The number of nitrogens with zero attached hydrogens (tertiary/aromatic N) is 1. The maximum absolute atomic E-state index is 14.3. The summed E-state index contributed by atoms with van der Waals surface area (Å²) in [6.07, 6.45) is -3.88.